The van der Waals surface area contributed by atoms with Crippen LogP contribution in [-0.2, 0) is 13.0 Å². The molecule has 0 amide bonds. The maximum Gasteiger partial charge on any atom is 0.245 e. The number of hydrogen-bond acceptors (Lipinski definition) is 8. The van der Waals surface area contributed by atoms with Crippen LogP contribution in [0.4, 0.5) is 17.4 Å². The predicted octanol–water partition coefficient (Wildman–Crippen LogP) is 2.33. The van der Waals surface area contributed by atoms with Gasteiger partial charge in [0.05, 0.1) is 9.83 Å². The average molecular weight is 490 g/mol. The van der Waals surface area contributed by atoms with Crippen LogP contribution in [-0.4, -0.2) is 24.3 Å². The highest BCUT2D eigenvalue weighted by Crippen LogP contribution is 2.31. The van der Waals surface area contributed by atoms with Crippen LogP contribution in [0.5, 0.6) is 5.75 Å². The summed E-state index contributed by atoms with van der Waals surface area (Å²) in [6.45, 7) is 0.615. The van der Waals surface area contributed by atoms with Crippen molar-refractivity contribution >= 4 is 45.6 Å². The first-order chi connectivity index (χ1) is 13.6. The number of hydrogen-bond donors (Lipinski definition) is 4. The minimum atomic E-state index is 0.0714. The van der Waals surface area contributed by atoms with Crippen LogP contribution in [0.3, 0.4) is 0 Å². The third-order valence-electron chi connectivity index (χ3n) is 4.46. The first-order valence-electron chi connectivity index (χ1n) is 8.47. The lowest BCUT2D eigenvalue weighted by Crippen LogP contribution is -2.29. The molecule has 1 aliphatic heterocycles. The second kappa shape index (κ2) is 6.44. The maximum absolute atomic E-state index is 9.67. The van der Waals surface area contributed by atoms with E-state index in [1.807, 2.05) is 16.8 Å². The number of aromatic nitrogens is 4. The van der Waals surface area contributed by atoms with Gasteiger partial charge in [-0.25, -0.2) is 4.98 Å². The summed E-state index contributed by atoms with van der Waals surface area (Å²) in [5.74, 6) is 1.36. The molecule has 0 bridgehead atoms. The molecule has 0 aliphatic carbocycles. The van der Waals surface area contributed by atoms with Gasteiger partial charge in [-0.2, -0.15) is 14.6 Å². The number of anilines is 3. The number of phenols is 1. The van der Waals surface area contributed by atoms with Gasteiger partial charge in [-0.3, -0.25) is 20.9 Å². The monoisotopic (exact) mass is 490 g/mol. The second-order valence-corrected chi connectivity index (χ2v) is 7.41. The van der Waals surface area contributed by atoms with Crippen molar-refractivity contribution in [3.8, 4) is 5.75 Å². The van der Waals surface area contributed by atoms with Crippen molar-refractivity contribution in [3.63, 3.8) is 0 Å². The Bertz CT molecular complexity index is 1230. The zero-order chi connectivity index (χ0) is 19.3. The van der Waals surface area contributed by atoms with E-state index in [9.17, 15) is 5.11 Å². The van der Waals surface area contributed by atoms with E-state index in [-0.39, 0.29) is 11.4 Å². The van der Waals surface area contributed by atoms with E-state index in [1.165, 1.54) is 0 Å². The Morgan fingerprint density at radius 3 is 2.93 bits per heavy atom. The summed E-state index contributed by atoms with van der Waals surface area (Å²) < 4.78 is 9.70. The Morgan fingerprint density at radius 1 is 1.25 bits per heavy atom. The molecule has 1 aliphatic rings. The Hall–Kier alpha value is -3.22. The molecule has 3 aromatic heterocycles. The molecule has 142 valence electrons. The average Bonchev–Trinajstić information content (AvgIpc) is 3.41. The van der Waals surface area contributed by atoms with Crippen LogP contribution >= 0.6 is 22.6 Å². The molecule has 5 rings (SSSR count). The molecular weight excluding hydrogens is 475 g/mol. The number of hydrazine groups is 2. The van der Waals surface area contributed by atoms with Gasteiger partial charge in [0, 0.05) is 12.6 Å². The van der Waals surface area contributed by atoms with Crippen molar-refractivity contribution in [3.05, 3.63) is 57.7 Å². The topological polar surface area (TPSA) is 120 Å². The first kappa shape index (κ1) is 16.9. The third-order valence-corrected chi connectivity index (χ3v) is 5.32. The van der Waals surface area contributed by atoms with Gasteiger partial charge in [-0.1, -0.05) is 6.07 Å². The second-order valence-electron chi connectivity index (χ2n) is 6.25. The molecule has 0 saturated heterocycles. The predicted molar refractivity (Wildman–Crippen MR) is 110 cm³/mol. The fraction of sp³-hybridized carbons (Fsp3) is 0.118. The molecule has 4 N–H and O–H groups in total. The van der Waals surface area contributed by atoms with E-state index in [0.717, 1.165) is 15.6 Å². The molecule has 4 heterocycles. The maximum atomic E-state index is 9.67. The molecule has 11 heteroatoms. The van der Waals surface area contributed by atoms with Crippen molar-refractivity contribution in [1.29, 1.82) is 5.41 Å². The number of fused-ring (bicyclic) bond motifs is 3. The van der Waals surface area contributed by atoms with Gasteiger partial charge in [-0.05, 0) is 52.8 Å². The Morgan fingerprint density at radius 2 is 2.14 bits per heavy atom. The minimum absolute atomic E-state index is 0.0714. The Balaban J connectivity index is 1.46. The van der Waals surface area contributed by atoms with Gasteiger partial charge >= 0.3 is 0 Å². The number of furan rings is 1. The van der Waals surface area contributed by atoms with Gasteiger partial charge < -0.3 is 9.52 Å². The molecule has 0 atom stereocenters. The summed E-state index contributed by atoms with van der Waals surface area (Å²) in [6, 6.07) is 9.12. The van der Waals surface area contributed by atoms with Crippen molar-refractivity contribution < 1.29 is 9.52 Å². The fourth-order valence-electron chi connectivity index (χ4n) is 3.10. The van der Waals surface area contributed by atoms with E-state index in [1.54, 1.807) is 40.4 Å². The highest BCUT2D eigenvalue weighted by molar-refractivity contribution is 14.1. The normalized spacial score (nSPS) is 12.8. The third kappa shape index (κ3) is 2.74. The lowest BCUT2D eigenvalue weighted by Gasteiger charge is -2.13. The number of aromatic hydroxyl groups is 1. The summed E-state index contributed by atoms with van der Waals surface area (Å²) in [5.41, 5.74) is 8.65. The van der Waals surface area contributed by atoms with Gasteiger partial charge in [0.2, 0.25) is 11.5 Å². The summed E-state index contributed by atoms with van der Waals surface area (Å²) in [6.07, 6.45) is 4.00. The van der Waals surface area contributed by atoms with Crippen molar-refractivity contribution in [2.75, 3.05) is 16.0 Å². The number of halogens is 1. The number of rotatable bonds is 4. The van der Waals surface area contributed by atoms with E-state index in [2.05, 4.69) is 43.4 Å². The molecular formula is C17H15IN8O2. The van der Waals surface area contributed by atoms with E-state index >= 15 is 0 Å². The number of nitrogens with zero attached hydrogens (tertiary/aromatic N) is 5. The van der Waals surface area contributed by atoms with Crippen LogP contribution in [0.15, 0.2) is 47.3 Å². The molecule has 0 fully saturated rings. The smallest absolute Gasteiger partial charge is 0.245 e. The van der Waals surface area contributed by atoms with Crippen molar-refractivity contribution in [2.24, 2.45) is 0 Å². The van der Waals surface area contributed by atoms with Gasteiger partial charge in [-0.15, -0.1) is 0 Å². The van der Waals surface area contributed by atoms with Crippen molar-refractivity contribution in [2.45, 2.75) is 13.0 Å². The molecule has 0 unspecified atom stereocenters. The number of aryl methyl sites for hydroxylation is 2. The molecule has 10 nitrogen and oxygen atoms in total. The van der Waals surface area contributed by atoms with Gasteiger partial charge in [0.15, 0.2) is 11.5 Å². The highest BCUT2D eigenvalue weighted by Gasteiger charge is 2.26. The standard InChI is InChI=1S/C17H15IN8O2/c18-11-8-10(3-4-12(11)27)5-6-24-9-20-16-14-15(21-17(19)25(16)24)23-26(22-14)13-2-1-7-28-13/h1-4,7-9,22,27H,5-6H2,(H2,19,21,23). The van der Waals surface area contributed by atoms with Crippen LogP contribution < -0.4 is 21.6 Å². The number of nitrogens with one attached hydrogen (secondary N) is 3. The Labute approximate surface area is 172 Å². The van der Waals surface area contributed by atoms with Crippen LogP contribution in [0.25, 0.3) is 5.65 Å². The first-order valence-corrected chi connectivity index (χ1v) is 9.55. The minimum Gasteiger partial charge on any atom is -0.507 e. The van der Waals surface area contributed by atoms with Crippen molar-refractivity contribution in [1.82, 2.24) is 19.2 Å². The van der Waals surface area contributed by atoms with E-state index in [0.29, 0.717) is 29.6 Å². The highest BCUT2D eigenvalue weighted by atomic mass is 127. The SMILES string of the molecule is N=c1nc2c(c3ncn(CCc4ccc(O)c(I)c4)n13)NN(c1ccco1)N2. The van der Waals surface area contributed by atoms with E-state index in [4.69, 9.17) is 9.83 Å². The molecule has 4 aromatic rings. The largest absolute Gasteiger partial charge is 0.507 e. The summed E-state index contributed by atoms with van der Waals surface area (Å²) in [7, 11) is 0. The lowest BCUT2D eigenvalue weighted by molar-refractivity contribution is 0.471. The summed E-state index contributed by atoms with van der Waals surface area (Å²) >= 11 is 2.11. The molecule has 1 aromatic carbocycles. The van der Waals surface area contributed by atoms with Crippen LogP contribution in [0.1, 0.15) is 5.56 Å². The number of phenolic OH excluding ortho intramolecular Hbond substituents is 1. The lowest BCUT2D eigenvalue weighted by atomic mass is 10.1. The molecule has 28 heavy (non-hydrogen) atoms. The summed E-state index contributed by atoms with van der Waals surface area (Å²) in [5, 5.41) is 19.6. The van der Waals surface area contributed by atoms with Crippen LogP contribution in [0, 0.1) is 8.98 Å². The molecule has 0 saturated carbocycles. The van der Waals surface area contributed by atoms with E-state index < -0.39 is 0 Å². The summed E-state index contributed by atoms with van der Waals surface area (Å²) in [4.78, 5) is 8.81. The zero-order valence-corrected chi connectivity index (χ0v) is 16.6. The quantitative estimate of drug-likeness (QED) is 0.324. The fourth-order valence-corrected chi connectivity index (χ4v) is 3.68. The number of benzene rings is 1. The van der Waals surface area contributed by atoms with Gasteiger partial charge in [0.25, 0.3) is 0 Å². The zero-order valence-electron chi connectivity index (χ0n) is 14.4. The Kier molecular flexibility index (Phi) is 3.89. The molecule has 0 spiro atoms. The van der Waals surface area contributed by atoms with Crippen LogP contribution in [0.2, 0.25) is 0 Å². The van der Waals surface area contributed by atoms with Gasteiger partial charge in [0.1, 0.15) is 17.8 Å². The molecule has 0 radical (unpaired) electrons.